The van der Waals surface area contributed by atoms with E-state index >= 15 is 0 Å². The average molecular weight is 307 g/mol. The highest BCUT2D eigenvalue weighted by Gasteiger charge is 2.18. The summed E-state index contributed by atoms with van der Waals surface area (Å²) in [5, 5.41) is 4.54. The van der Waals surface area contributed by atoms with E-state index in [4.69, 9.17) is 9.97 Å². The fourth-order valence-electron chi connectivity index (χ4n) is 3.10. The molecule has 23 heavy (non-hydrogen) atoms. The lowest BCUT2D eigenvalue weighted by atomic mass is 10.2. The van der Waals surface area contributed by atoms with Crippen molar-refractivity contribution in [3.8, 4) is 0 Å². The van der Waals surface area contributed by atoms with Crippen molar-refractivity contribution in [3.63, 3.8) is 0 Å². The van der Waals surface area contributed by atoms with Gasteiger partial charge in [0.1, 0.15) is 11.5 Å². The fraction of sp³-hybridized carbons (Fsp3) is 0.333. The third kappa shape index (κ3) is 2.86. The van der Waals surface area contributed by atoms with Crippen molar-refractivity contribution < 1.29 is 0 Å². The second-order valence-corrected chi connectivity index (χ2v) is 6.12. The smallest absolute Gasteiger partial charge is 0.229 e. The number of H-pyrrole nitrogens is 1. The minimum Gasteiger partial charge on any atom is -0.365 e. The predicted octanol–water partition coefficient (Wildman–Crippen LogP) is 3.48. The zero-order chi connectivity index (χ0) is 15.6. The highest BCUT2D eigenvalue weighted by molar-refractivity contribution is 5.89. The van der Waals surface area contributed by atoms with Crippen molar-refractivity contribution in [1.82, 2.24) is 15.0 Å². The molecule has 0 saturated carbocycles. The lowest BCUT2D eigenvalue weighted by Crippen LogP contribution is -2.21. The van der Waals surface area contributed by atoms with E-state index in [1.54, 1.807) is 0 Å². The SMILES string of the molecule is Cc1cc2c(NCc3ccccc3)nc(N3CCCC3)nc2[nH]1. The first-order valence-electron chi connectivity index (χ1n) is 8.20. The first-order valence-corrected chi connectivity index (χ1v) is 8.20. The lowest BCUT2D eigenvalue weighted by Gasteiger charge is -2.16. The number of nitrogens with one attached hydrogen (secondary N) is 2. The molecule has 118 valence electrons. The molecule has 2 N–H and O–H groups in total. The van der Waals surface area contributed by atoms with E-state index in [0.29, 0.717) is 0 Å². The van der Waals surface area contributed by atoms with Gasteiger partial charge in [-0.05, 0) is 31.4 Å². The Morgan fingerprint density at radius 1 is 1.13 bits per heavy atom. The van der Waals surface area contributed by atoms with Crippen LogP contribution < -0.4 is 10.2 Å². The molecule has 0 aliphatic carbocycles. The van der Waals surface area contributed by atoms with Gasteiger partial charge < -0.3 is 15.2 Å². The third-order valence-corrected chi connectivity index (χ3v) is 4.30. The summed E-state index contributed by atoms with van der Waals surface area (Å²) in [4.78, 5) is 15.1. The Hall–Kier alpha value is -2.56. The van der Waals surface area contributed by atoms with Gasteiger partial charge in [0.25, 0.3) is 0 Å². The van der Waals surface area contributed by atoms with Crippen molar-refractivity contribution in [2.45, 2.75) is 26.3 Å². The maximum Gasteiger partial charge on any atom is 0.229 e. The van der Waals surface area contributed by atoms with Crippen LogP contribution in [0.25, 0.3) is 11.0 Å². The van der Waals surface area contributed by atoms with Crippen molar-refractivity contribution in [2.24, 2.45) is 0 Å². The van der Waals surface area contributed by atoms with Gasteiger partial charge in [-0.25, -0.2) is 0 Å². The van der Waals surface area contributed by atoms with Crippen LogP contribution in [-0.2, 0) is 6.54 Å². The second kappa shape index (κ2) is 5.91. The molecule has 0 radical (unpaired) electrons. The summed E-state index contributed by atoms with van der Waals surface area (Å²) in [6.07, 6.45) is 2.44. The number of hydrogen-bond acceptors (Lipinski definition) is 4. The summed E-state index contributed by atoms with van der Waals surface area (Å²) in [5.74, 6) is 1.73. The van der Waals surface area contributed by atoms with Gasteiger partial charge in [0.15, 0.2) is 0 Å². The summed E-state index contributed by atoms with van der Waals surface area (Å²) in [5.41, 5.74) is 3.26. The summed E-state index contributed by atoms with van der Waals surface area (Å²) >= 11 is 0. The highest BCUT2D eigenvalue weighted by atomic mass is 15.3. The van der Waals surface area contributed by atoms with Crippen LogP contribution in [0.15, 0.2) is 36.4 Å². The molecule has 5 nitrogen and oxygen atoms in total. The number of fused-ring (bicyclic) bond motifs is 1. The van der Waals surface area contributed by atoms with Crippen LogP contribution >= 0.6 is 0 Å². The summed E-state index contributed by atoms with van der Waals surface area (Å²) in [7, 11) is 0. The van der Waals surface area contributed by atoms with Crippen molar-refractivity contribution in [2.75, 3.05) is 23.3 Å². The van der Waals surface area contributed by atoms with Crippen LogP contribution in [0.2, 0.25) is 0 Å². The van der Waals surface area contributed by atoms with Gasteiger partial charge in [0.2, 0.25) is 5.95 Å². The van der Waals surface area contributed by atoms with Crippen molar-refractivity contribution in [1.29, 1.82) is 0 Å². The molecule has 0 unspecified atom stereocenters. The zero-order valence-corrected chi connectivity index (χ0v) is 13.3. The number of rotatable bonds is 4. The number of aromatic nitrogens is 3. The van der Waals surface area contributed by atoms with Gasteiger partial charge >= 0.3 is 0 Å². The molecule has 0 amide bonds. The molecule has 4 rings (SSSR count). The number of aryl methyl sites for hydroxylation is 1. The number of nitrogens with zero attached hydrogens (tertiary/aromatic N) is 3. The summed E-state index contributed by atoms with van der Waals surface area (Å²) < 4.78 is 0. The number of hydrogen-bond donors (Lipinski definition) is 2. The largest absolute Gasteiger partial charge is 0.365 e. The highest BCUT2D eigenvalue weighted by Crippen LogP contribution is 2.26. The van der Waals surface area contributed by atoms with Crippen LogP contribution in [0.1, 0.15) is 24.1 Å². The molecule has 1 fully saturated rings. The van der Waals surface area contributed by atoms with Crippen molar-refractivity contribution in [3.05, 3.63) is 47.7 Å². The topological polar surface area (TPSA) is 56.8 Å². The molecule has 1 aliphatic heterocycles. The molecule has 3 heterocycles. The van der Waals surface area contributed by atoms with Gasteiger partial charge in [-0.1, -0.05) is 30.3 Å². The molecular weight excluding hydrogens is 286 g/mol. The van der Waals surface area contributed by atoms with E-state index in [9.17, 15) is 0 Å². The summed E-state index contributed by atoms with van der Waals surface area (Å²) in [6, 6.07) is 12.5. The average Bonchev–Trinajstić information content (AvgIpc) is 3.21. The Balaban J connectivity index is 1.68. The Bertz CT molecular complexity index is 803. The van der Waals surface area contributed by atoms with Gasteiger partial charge in [-0.3, -0.25) is 0 Å². The fourth-order valence-corrected chi connectivity index (χ4v) is 3.10. The molecule has 3 aromatic rings. The van der Waals surface area contributed by atoms with Crippen LogP contribution in [0, 0.1) is 6.92 Å². The van der Waals surface area contributed by atoms with E-state index in [1.807, 2.05) is 6.07 Å². The standard InChI is InChI=1S/C18H21N5/c1-13-11-15-16(19-12-14-7-3-2-4-8-14)21-18(22-17(15)20-13)23-9-5-6-10-23/h2-4,7-8,11H,5-6,9-10,12H2,1H3,(H2,19,20,21,22). The van der Waals surface area contributed by atoms with Crippen LogP contribution in [-0.4, -0.2) is 28.0 Å². The molecule has 2 aromatic heterocycles. The Morgan fingerprint density at radius 2 is 1.91 bits per heavy atom. The summed E-state index contributed by atoms with van der Waals surface area (Å²) in [6.45, 7) is 4.90. The maximum absolute atomic E-state index is 4.80. The molecule has 0 spiro atoms. The van der Waals surface area contributed by atoms with E-state index in [2.05, 4.69) is 52.5 Å². The molecular formula is C18H21N5. The first kappa shape index (κ1) is 14.1. The lowest BCUT2D eigenvalue weighted by molar-refractivity contribution is 0.903. The Labute approximate surface area is 135 Å². The van der Waals surface area contributed by atoms with Gasteiger partial charge in [-0.2, -0.15) is 9.97 Å². The van der Waals surface area contributed by atoms with Gasteiger partial charge in [-0.15, -0.1) is 0 Å². The number of aromatic amines is 1. The van der Waals surface area contributed by atoms with E-state index in [0.717, 1.165) is 48.1 Å². The van der Waals surface area contributed by atoms with Crippen LogP contribution in [0.3, 0.4) is 0 Å². The number of benzene rings is 1. The Morgan fingerprint density at radius 3 is 2.70 bits per heavy atom. The van der Waals surface area contributed by atoms with Crippen LogP contribution in [0.4, 0.5) is 11.8 Å². The maximum atomic E-state index is 4.80. The number of anilines is 2. The second-order valence-electron chi connectivity index (χ2n) is 6.12. The zero-order valence-electron chi connectivity index (χ0n) is 13.3. The van der Waals surface area contributed by atoms with E-state index in [1.165, 1.54) is 18.4 Å². The Kier molecular flexibility index (Phi) is 3.61. The third-order valence-electron chi connectivity index (χ3n) is 4.30. The molecule has 1 aliphatic rings. The van der Waals surface area contributed by atoms with Crippen molar-refractivity contribution >= 4 is 22.8 Å². The first-order chi connectivity index (χ1) is 11.3. The van der Waals surface area contributed by atoms with Crippen LogP contribution in [0.5, 0.6) is 0 Å². The van der Waals surface area contributed by atoms with Gasteiger partial charge in [0.05, 0.1) is 5.39 Å². The quantitative estimate of drug-likeness (QED) is 0.775. The minimum absolute atomic E-state index is 0.761. The van der Waals surface area contributed by atoms with Gasteiger partial charge in [0, 0.05) is 25.3 Å². The molecule has 0 bridgehead atoms. The molecule has 5 heteroatoms. The molecule has 1 saturated heterocycles. The minimum atomic E-state index is 0.761. The van der Waals surface area contributed by atoms with E-state index in [-0.39, 0.29) is 0 Å². The van der Waals surface area contributed by atoms with E-state index < -0.39 is 0 Å². The monoisotopic (exact) mass is 307 g/mol. The predicted molar refractivity (Wildman–Crippen MR) is 93.8 cm³/mol. The molecule has 1 aromatic carbocycles. The molecule has 0 atom stereocenters. The normalized spacial score (nSPS) is 14.6.